The highest BCUT2D eigenvalue weighted by Gasteiger charge is 2.12. The maximum Gasteiger partial charge on any atom is 0.133 e. The molecule has 0 spiro atoms. The summed E-state index contributed by atoms with van der Waals surface area (Å²) in [5, 5.41) is 13.1. The van der Waals surface area contributed by atoms with Gasteiger partial charge >= 0.3 is 0 Å². The fourth-order valence-electron chi connectivity index (χ4n) is 1.60. The Kier molecular flexibility index (Phi) is 6.12. The second-order valence-corrected chi connectivity index (χ2v) is 5.69. The number of rotatable bonds is 6. The van der Waals surface area contributed by atoms with E-state index < -0.39 is 0 Å². The Hall–Kier alpha value is -0.580. The molecule has 2 atom stereocenters. The normalized spacial score (nSPS) is 14.6. The molecular formula is C14H22BrNO2. The molecule has 0 radical (unpaired) electrons. The van der Waals surface area contributed by atoms with Crippen LogP contribution in [0.3, 0.4) is 0 Å². The van der Waals surface area contributed by atoms with Crippen LogP contribution in [0.4, 0.5) is 0 Å². The van der Waals surface area contributed by atoms with Crippen LogP contribution in [0.25, 0.3) is 0 Å². The van der Waals surface area contributed by atoms with Crippen molar-refractivity contribution in [1.82, 2.24) is 5.32 Å². The average Bonchev–Trinajstić information content (AvgIpc) is 2.35. The number of benzene rings is 1. The second-order valence-electron chi connectivity index (χ2n) is 4.84. The molecule has 1 rings (SSSR count). The molecule has 4 heteroatoms. The third-order valence-electron chi connectivity index (χ3n) is 3.08. The van der Waals surface area contributed by atoms with Gasteiger partial charge in [0, 0.05) is 12.6 Å². The predicted octanol–water partition coefficient (Wildman–Crippen LogP) is 3.13. The van der Waals surface area contributed by atoms with Gasteiger partial charge in [-0.3, -0.25) is 0 Å². The molecule has 1 aromatic rings. The number of nitrogens with one attached hydrogen (secondary N) is 1. The van der Waals surface area contributed by atoms with Crippen molar-refractivity contribution in [3.8, 4) is 5.75 Å². The van der Waals surface area contributed by atoms with Crippen LogP contribution in [0.1, 0.15) is 32.4 Å². The number of aliphatic hydroxyl groups excluding tert-OH is 1. The maximum atomic E-state index is 9.77. The first-order valence-electron chi connectivity index (χ1n) is 6.20. The van der Waals surface area contributed by atoms with Gasteiger partial charge in [-0.2, -0.15) is 0 Å². The summed E-state index contributed by atoms with van der Waals surface area (Å²) < 4.78 is 6.15. The third-order valence-corrected chi connectivity index (χ3v) is 3.70. The van der Waals surface area contributed by atoms with E-state index >= 15 is 0 Å². The fourth-order valence-corrected chi connectivity index (χ4v) is 2.16. The van der Waals surface area contributed by atoms with Crippen LogP contribution in [-0.4, -0.2) is 24.9 Å². The van der Waals surface area contributed by atoms with Crippen LogP contribution < -0.4 is 10.1 Å². The lowest BCUT2D eigenvalue weighted by Crippen LogP contribution is -2.32. The molecule has 0 bridgehead atoms. The van der Waals surface area contributed by atoms with Gasteiger partial charge in [-0.25, -0.2) is 0 Å². The lowest BCUT2D eigenvalue weighted by molar-refractivity contribution is 0.120. The van der Waals surface area contributed by atoms with Crippen LogP contribution in [0.2, 0.25) is 0 Å². The zero-order valence-electron chi connectivity index (χ0n) is 11.4. The largest absolute Gasteiger partial charge is 0.496 e. The van der Waals surface area contributed by atoms with Crippen LogP contribution in [0, 0.1) is 5.92 Å². The average molecular weight is 316 g/mol. The Bertz CT molecular complexity index is 382. The molecule has 0 aliphatic heterocycles. The number of aliphatic hydroxyl groups is 1. The molecule has 0 saturated heterocycles. The molecule has 2 unspecified atom stereocenters. The minimum absolute atomic E-state index is 0.195. The van der Waals surface area contributed by atoms with Gasteiger partial charge < -0.3 is 15.2 Å². The van der Waals surface area contributed by atoms with Crippen molar-refractivity contribution in [2.45, 2.75) is 32.9 Å². The molecule has 0 aromatic heterocycles. The minimum Gasteiger partial charge on any atom is -0.496 e. The summed E-state index contributed by atoms with van der Waals surface area (Å²) in [6, 6.07) is 6.21. The van der Waals surface area contributed by atoms with E-state index in [2.05, 4.69) is 28.2 Å². The van der Waals surface area contributed by atoms with Gasteiger partial charge in [0.05, 0.1) is 17.7 Å². The monoisotopic (exact) mass is 315 g/mol. The van der Waals surface area contributed by atoms with Gasteiger partial charge in [-0.05, 0) is 46.5 Å². The fraction of sp³-hybridized carbons (Fsp3) is 0.571. The summed E-state index contributed by atoms with van der Waals surface area (Å²) >= 11 is 3.48. The molecule has 3 nitrogen and oxygen atoms in total. The molecule has 0 aliphatic rings. The van der Waals surface area contributed by atoms with E-state index in [4.69, 9.17) is 4.74 Å². The van der Waals surface area contributed by atoms with Crippen molar-refractivity contribution in [2.24, 2.45) is 5.92 Å². The highest BCUT2D eigenvalue weighted by molar-refractivity contribution is 9.10. The van der Waals surface area contributed by atoms with E-state index in [1.165, 1.54) is 5.56 Å². The first-order valence-corrected chi connectivity index (χ1v) is 7.00. The molecule has 0 amide bonds. The van der Waals surface area contributed by atoms with E-state index in [9.17, 15) is 5.11 Å². The second kappa shape index (κ2) is 7.12. The molecule has 0 fully saturated rings. The first kappa shape index (κ1) is 15.5. The van der Waals surface area contributed by atoms with Gasteiger partial charge in [-0.1, -0.05) is 19.9 Å². The van der Waals surface area contributed by atoms with E-state index in [1.54, 1.807) is 7.11 Å². The van der Waals surface area contributed by atoms with Crippen LogP contribution in [-0.2, 0) is 0 Å². The van der Waals surface area contributed by atoms with E-state index in [0.717, 1.165) is 10.2 Å². The molecule has 1 aromatic carbocycles. The Morgan fingerprint density at radius 3 is 2.50 bits per heavy atom. The molecule has 0 heterocycles. The Morgan fingerprint density at radius 2 is 2.00 bits per heavy atom. The summed E-state index contributed by atoms with van der Waals surface area (Å²) in [6.45, 7) is 6.71. The number of hydrogen-bond donors (Lipinski definition) is 2. The minimum atomic E-state index is -0.311. The van der Waals surface area contributed by atoms with Crippen LogP contribution in [0.5, 0.6) is 5.75 Å². The summed E-state index contributed by atoms with van der Waals surface area (Å²) in [5.41, 5.74) is 1.17. The third kappa shape index (κ3) is 4.26. The quantitative estimate of drug-likeness (QED) is 0.847. The standard InChI is InChI=1S/C14H22BrNO2/c1-9(2)13(17)8-16-10(3)11-5-6-14(18-4)12(15)7-11/h5-7,9-10,13,16-17H,8H2,1-4H3. The molecule has 0 saturated carbocycles. The summed E-state index contributed by atoms with van der Waals surface area (Å²) in [4.78, 5) is 0. The SMILES string of the molecule is COc1ccc(C(C)NCC(O)C(C)C)cc1Br. The molecule has 18 heavy (non-hydrogen) atoms. The van der Waals surface area contributed by atoms with Crippen molar-refractivity contribution < 1.29 is 9.84 Å². The zero-order valence-corrected chi connectivity index (χ0v) is 13.0. The van der Waals surface area contributed by atoms with Gasteiger partial charge in [-0.15, -0.1) is 0 Å². The molecular weight excluding hydrogens is 294 g/mol. The number of hydrogen-bond acceptors (Lipinski definition) is 3. The van der Waals surface area contributed by atoms with E-state index in [-0.39, 0.29) is 18.1 Å². The highest BCUT2D eigenvalue weighted by Crippen LogP contribution is 2.27. The highest BCUT2D eigenvalue weighted by atomic mass is 79.9. The van der Waals surface area contributed by atoms with E-state index in [1.807, 2.05) is 32.0 Å². The van der Waals surface area contributed by atoms with Crippen molar-refractivity contribution in [3.05, 3.63) is 28.2 Å². The van der Waals surface area contributed by atoms with Crippen molar-refractivity contribution >= 4 is 15.9 Å². The van der Waals surface area contributed by atoms with Crippen LogP contribution in [0.15, 0.2) is 22.7 Å². The number of halogens is 1. The summed E-state index contributed by atoms with van der Waals surface area (Å²) in [7, 11) is 1.65. The Morgan fingerprint density at radius 1 is 1.33 bits per heavy atom. The van der Waals surface area contributed by atoms with Gasteiger partial charge in [0.15, 0.2) is 0 Å². The Balaban J connectivity index is 2.61. The Labute approximate surface area is 118 Å². The van der Waals surface area contributed by atoms with Crippen molar-refractivity contribution in [1.29, 1.82) is 0 Å². The molecule has 2 N–H and O–H groups in total. The van der Waals surface area contributed by atoms with Gasteiger partial charge in [0.25, 0.3) is 0 Å². The number of ether oxygens (including phenoxy) is 1. The lowest BCUT2D eigenvalue weighted by Gasteiger charge is -2.20. The molecule has 0 aliphatic carbocycles. The van der Waals surface area contributed by atoms with Gasteiger partial charge in [0.1, 0.15) is 5.75 Å². The van der Waals surface area contributed by atoms with Crippen molar-refractivity contribution in [3.63, 3.8) is 0 Å². The molecule has 102 valence electrons. The number of methoxy groups -OCH3 is 1. The topological polar surface area (TPSA) is 41.5 Å². The zero-order chi connectivity index (χ0) is 13.7. The van der Waals surface area contributed by atoms with E-state index in [0.29, 0.717) is 6.54 Å². The lowest BCUT2D eigenvalue weighted by atomic mass is 10.1. The summed E-state index contributed by atoms with van der Waals surface area (Å²) in [5.74, 6) is 1.10. The first-order chi connectivity index (χ1) is 8.45. The van der Waals surface area contributed by atoms with Crippen molar-refractivity contribution in [2.75, 3.05) is 13.7 Å². The summed E-state index contributed by atoms with van der Waals surface area (Å²) in [6.07, 6.45) is -0.311. The predicted molar refractivity (Wildman–Crippen MR) is 78.0 cm³/mol. The van der Waals surface area contributed by atoms with Crippen LogP contribution >= 0.6 is 15.9 Å². The smallest absolute Gasteiger partial charge is 0.133 e. The maximum absolute atomic E-state index is 9.77. The van der Waals surface area contributed by atoms with Gasteiger partial charge in [0.2, 0.25) is 0 Å².